The first-order valence-corrected chi connectivity index (χ1v) is 4.91. The zero-order valence-corrected chi connectivity index (χ0v) is 9.54. The van der Waals surface area contributed by atoms with Crippen molar-refractivity contribution in [1.82, 2.24) is 10.2 Å². The molecule has 0 fully saturated rings. The van der Waals surface area contributed by atoms with Gasteiger partial charge in [-0.1, -0.05) is 0 Å². The SMILES string of the molecule is CC(=O)NC(C)C(=O)N(CCO)CC(F)(F)F. The largest absolute Gasteiger partial charge is 0.406 e. The third-order valence-corrected chi connectivity index (χ3v) is 1.84. The Morgan fingerprint density at radius 2 is 1.94 bits per heavy atom. The smallest absolute Gasteiger partial charge is 0.395 e. The third kappa shape index (κ3) is 6.77. The molecule has 0 saturated heterocycles. The van der Waals surface area contributed by atoms with Crippen LogP contribution in [0.3, 0.4) is 0 Å². The van der Waals surface area contributed by atoms with Gasteiger partial charge in [-0.2, -0.15) is 13.2 Å². The molecule has 0 aliphatic heterocycles. The summed E-state index contributed by atoms with van der Waals surface area (Å²) in [5.41, 5.74) is 0. The Bertz CT molecular complexity index is 281. The Morgan fingerprint density at radius 3 is 2.29 bits per heavy atom. The lowest BCUT2D eigenvalue weighted by Crippen LogP contribution is -2.50. The molecule has 100 valence electrons. The van der Waals surface area contributed by atoms with Crippen LogP contribution in [0.15, 0.2) is 0 Å². The zero-order valence-electron chi connectivity index (χ0n) is 9.54. The van der Waals surface area contributed by atoms with E-state index in [4.69, 9.17) is 5.11 Å². The van der Waals surface area contributed by atoms with Crippen molar-refractivity contribution in [3.8, 4) is 0 Å². The Morgan fingerprint density at radius 1 is 1.41 bits per heavy atom. The van der Waals surface area contributed by atoms with Crippen LogP contribution in [-0.4, -0.2) is 53.7 Å². The van der Waals surface area contributed by atoms with E-state index in [1.165, 1.54) is 6.92 Å². The van der Waals surface area contributed by atoms with E-state index in [0.29, 0.717) is 4.90 Å². The van der Waals surface area contributed by atoms with Crippen LogP contribution in [0, 0.1) is 0 Å². The highest BCUT2D eigenvalue weighted by molar-refractivity contribution is 5.86. The molecule has 0 radical (unpaired) electrons. The monoisotopic (exact) mass is 256 g/mol. The minimum absolute atomic E-state index is 0.428. The molecule has 0 aromatic carbocycles. The molecule has 0 bridgehead atoms. The van der Waals surface area contributed by atoms with Gasteiger partial charge in [0.05, 0.1) is 6.61 Å². The standard InChI is InChI=1S/C9H15F3N2O3/c1-6(13-7(2)16)8(17)14(3-4-15)5-9(10,11)12/h6,15H,3-5H2,1-2H3,(H,13,16). The van der Waals surface area contributed by atoms with Gasteiger partial charge in [0.1, 0.15) is 12.6 Å². The fraction of sp³-hybridized carbons (Fsp3) is 0.778. The number of carbonyl (C=O) groups is 2. The van der Waals surface area contributed by atoms with E-state index in [1.54, 1.807) is 0 Å². The first-order chi connectivity index (χ1) is 7.67. The van der Waals surface area contributed by atoms with Gasteiger partial charge in [0, 0.05) is 13.5 Å². The van der Waals surface area contributed by atoms with Crippen molar-refractivity contribution in [3.05, 3.63) is 0 Å². The normalized spacial score (nSPS) is 13.1. The highest BCUT2D eigenvalue weighted by Gasteiger charge is 2.34. The molecule has 2 amide bonds. The van der Waals surface area contributed by atoms with Gasteiger partial charge < -0.3 is 15.3 Å². The second-order valence-corrected chi connectivity index (χ2v) is 3.52. The fourth-order valence-electron chi connectivity index (χ4n) is 1.24. The number of nitrogens with one attached hydrogen (secondary N) is 1. The highest BCUT2D eigenvalue weighted by Crippen LogP contribution is 2.16. The summed E-state index contributed by atoms with van der Waals surface area (Å²) in [6.45, 7) is -0.0123. The number of hydrogen-bond donors (Lipinski definition) is 2. The molecule has 1 unspecified atom stereocenters. The van der Waals surface area contributed by atoms with Crippen LogP contribution in [0.1, 0.15) is 13.8 Å². The second-order valence-electron chi connectivity index (χ2n) is 3.52. The van der Waals surface area contributed by atoms with E-state index in [9.17, 15) is 22.8 Å². The Labute approximate surface area is 96.6 Å². The minimum Gasteiger partial charge on any atom is -0.395 e. The lowest BCUT2D eigenvalue weighted by Gasteiger charge is -2.26. The number of carbonyl (C=O) groups excluding carboxylic acids is 2. The van der Waals surface area contributed by atoms with Crippen LogP contribution in [0.25, 0.3) is 0 Å². The summed E-state index contributed by atoms with van der Waals surface area (Å²) in [5, 5.41) is 10.8. The molecule has 2 N–H and O–H groups in total. The van der Waals surface area contributed by atoms with Gasteiger partial charge in [0.2, 0.25) is 11.8 Å². The molecule has 8 heteroatoms. The van der Waals surface area contributed by atoms with Gasteiger partial charge in [-0.15, -0.1) is 0 Å². The Kier molecular flexibility index (Phi) is 5.94. The van der Waals surface area contributed by atoms with Crippen LogP contribution in [-0.2, 0) is 9.59 Å². The number of alkyl halides is 3. The van der Waals surface area contributed by atoms with Gasteiger partial charge in [0.25, 0.3) is 0 Å². The maximum absolute atomic E-state index is 12.2. The van der Waals surface area contributed by atoms with E-state index in [1.807, 2.05) is 0 Å². The molecule has 0 aliphatic rings. The average molecular weight is 256 g/mol. The number of rotatable bonds is 5. The molecular weight excluding hydrogens is 241 g/mol. The van der Waals surface area contributed by atoms with Gasteiger partial charge in [-0.3, -0.25) is 9.59 Å². The minimum atomic E-state index is -4.54. The number of halogens is 3. The van der Waals surface area contributed by atoms with E-state index < -0.39 is 43.7 Å². The molecule has 1 atom stereocenters. The predicted molar refractivity (Wildman–Crippen MR) is 53.0 cm³/mol. The first kappa shape index (κ1) is 15.7. The van der Waals surface area contributed by atoms with E-state index in [-0.39, 0.29) is 0 Å². The molecule has 0 saturated carbocycles. The summed E-state index contributed by atoms with van der Waals surface area (Å²) in [4.78, 5) is 22.7. The van der Waals surface area contributed by atoms with Gasteiger partial charge in [-0.25, -0.2) is 0 Å². The predicted octanol–water partition coefficient (Wildman–Crippen LogP) is -0.106. The number of aliphatic hydroxyl groups excluding tert-OH is 1. The summed E-state index contributed by atoms with van der Waals surface area (Å²) in [7, 11) is 0. The van der Waals surface area contributed by atoms with Crippen molar-refractivity contribution >= 4 is 11.8 Å². The lowest BCUT2D eigenvalue weighted by atomic mass is 10.2. The summed E-state index contributed by atoms with van der Waals surface area (Å²) >= 11 is 0. The van der Waals surface area contributed by atoms with Crippen molar-refractivity contribution < 1.29 is 27.9 Å². The van der Waals surface area contributed by atoms with Gasteiger partial charge >= 0.3 is 6.18 Å². The third-order valence-electron chi connectivity index (χ3n) is 1.84. The average Bonchev–Trinajstić information content (AvgIpc) is 2.12. The second kappa shape index (κ2) is 6.43. The van der Waals surface area contributed by atoms with Crippen molar-refractivity contribution in [2.45, 2.75) is 26.1 Å². The molecule has 0 aromatic rings. The van der Waals surface area contributed by atoms with Crippen LogP contribution in [0.2, 0.25) is 0 Å². The lowest BCUT2D eigenvalue weighted by molar-refractivity contribution is -0.163. The topological polar surface area (TPSA) is 69.6 Å². The number of aliphatic hydroxyl groups is 1. The van der Waals surface area contributed by atoms with Crippen LogP contribution < -0.4 is 5.32 Å². The maximum Gasteiger partial charge on any atom is 0.406 e. The van der Waals surface area contributed by atoms with E-state index in [0.717, 1.165) is 6.92 Å². The quantitative estimate of drug-likeness (QED) is 0.721. The molecular formula is C9H15F3N2O3. The molecule has 0 heterocycles. The van der Waals surface area contributed by atoms with E-state index in [2.05, 4.69) is 5.32 Å². The van der Waals surface area contributed by atoms with Crippen LogP contribution >= 0.6 is 0 Å². The fourth-order valence-corrected chi connectivity index (χ4v) is 1.24. The number of nitrogens with zero attached hydrogens (tertiary/aromatic N) is 1. The van der Waals surface area contributed by atoms with Crippen molar-refractivity contribution in [2.24, 2.45) is 0 Å². The van der Waals surface area contributed by atoms with Crippen molar-refractivity contribution in [1.29, 1.82) is 0 Å². The zero-order chi connectivity index (χ0) is 13.6. The highest BCUT2D eigenvalue weighted by atomic mass is 19.4. The molecule has 0 spiro atoms. The molecule has 17 heavy (non-hydrogen) atoms. The Hall–Kier alpha value is -1.31. The summed E-state index contributed by atoms with van der Waals surface area (Å²) in [5.74, 6) is -1.40. The maximum atomic E-state index is 12.2. The Balaban J connectivity index is 4.58. The number of hydrogen-bond acceptors (Lipinski definition) is 3. The summed E-state index contributed by atoms with van der Waals surface area (Å²) in [6.07, 6.45) is -4.54. The van der Waals surface area contributed by atoms with Gasteiger partial charge in [0.15, 0.2) is 0 Å². The number of amides is 2. The van der Waals surface area contributed by atoms with Crippen LogP contribution in [0.5, 0.6) is 0 Å². The van der Waals surface area contributed by atoms with Crippen molar-refractivity contribution in [2.75, 3.05) is 19.7 Å². The molecule has 0 rings (SSSR count). The summed E-state index contributed by atoms with van der Waals surface area (Å²) in [6, 6.07) is -1.05. The van der Waals surface area contributed by atoms with Gasteiger partial charge in [-0.05, 0) is 6.92 Å². The van der Waals surface area contributed by atoms with E-state index >= 15 is 0 Å². The molecule has 0 aliphatic carbocycles. The summed E-state index contributed by atoms with van der Waals surface area (Å²) < 4.78 is 36.5. The van der Waals surface area contributed by atoms with Crippen molar-refractivity contribution in [3.63, 3.8) is 0 Å². The molecule has 5 nitrogen and oxygen atoms in total. The molecule has 0 aromatic heterocycles. The van der Waals surface area contributed by atoms with Crippen LogP contribution in [0.4, 0.5) is 13.2 Å². The first-order valence-electron chi connectivity index (χ1n) is 4.91.